The van der Waals surface area contributed by atoms with Crippen molar-refractivity contribution in [2.24, 2.45) is 0 Å². The number of carbonyl (C=O) groups excluding carboxylic acids is 1. The van der Waals surface area contributed by atoms with Gasteiger partial charge in [-0.25, -0.2) is 8.42 Å². The minimum atomic E-state index is -3.49. The van der Waals surface area contributed by atoms with Crippen LogP contribution in [-0.2, 0) is 14.8 Å². The standard InChI is InChI=1S/C20H23ClN2O4S/c1-15(27-19-8-4-3-7-18(19)21)20(24)22-16-9-11-17(12-10-16)28(25,26)23-13-5-2-6-14-23/h3-4,7-12,15H,2,5-6,13-14H2,1H3,(H,22,24). The zero-order chi connectivity index (χ0) is 20.1. The number of piperidine rings is 1. The van der Waals surface area contributed by atoms with E-state index < -0.39 is 16.1 Å². The Morgan fingerprint density at radius 2 is 1.71 bits per heavy atom. The van der Waals surface area contributed by atoms with Gasteiger partial charge in [-0.3, -0.25) is 4.79 Å². The van der Waals surface area contributed by atoms with Crippen molar-refractivity contribution in [3.05, 3.63) is 53.6 Å². The van der Waals surface area contributed by atoms with Gasteiger partial charge in [0.25, 0.3) is 5.91 Å². The van der Waals surface area contributed by atoms with Crippen LogP contribution in [-0.4, -0.2) is 37.8 Å². The Morgan fingerprint density at radius 1 is 1.07 bits per heavy atom. The summed E-state index contributed by atoms with van der Waals surface area (Å²) in [7, 11) is -3.49. The topological polar surface area (TPSA) is 75.7 Å². The largest absolute Gasteiger partial charge is 0.479 e. The summed E-state index contributed by atoms with van der Waals surface area (Å²) >= 11 is 6.04. The number of para-hydroxylation sites is 1. The molecule has 0 bridgehead atoms. The zero-order valence-electron chi connectivity index (χ0n) is 15.6. The molecule has 1 aliphatic heterocycles. The minimum absolute atomic E-state index is 0.229. The highest BCUT2D eigenvalue weighted by molar-refractivity contribution is 7.89. The molecule has 1 aliphatic rings. The maximum Gasteiger partial charge on any atom is 0.265 e. The van der Waals surface area contributed by atoms with Gasteiger partial charge >= 0.3 is 0 Å². The molecule has 0 radical (unpaired) electrons. The van der Waals surface area contributed by atoms with E-state index in [2.05, 4.69) is 5.32 Å². The quantitative estimate of drug-likeness (QED) is 0.765. The van der Waals surface area contributed by atoms with E-state index >= 15 is 0 Å². The van der Waals surface area contributed by atoms with E-state index in [1.54, 1.807) is 43.3 Å². The predicted octanol–water partition coefficient (Wildman–Crippen LogP) is 3.92. The fraction of sp³-hybridized carbons (Fsp3) is 0.350. The van der Waals surface area contributed by atoms with Crippen molar-refractivity contribution in [3.8, 4) is 5.75 Å². The van der Waals surface area contributed by atoms with Crippen LogP contribution in [0.15, 0.2) is 53.4 Å². The van der Waals surface area contributed by atoms with Crippen molar-refractivity contribution >= 4 is 33.2 Å². The zero-order valence-corrected chi connectivity index (χ0v) is 17.2. The fourth-order valence-electron chi connectivity index (χ4n) is 2.99. The number of sulfonamides is 1. The van der Waals surface area contributed by atoms with Crippen LogP contribution < -0.4 is 10.1 Å². The summed E-state index contributed by atoms with van der Waals surface area (Å²) in [4.78, 5) is 12.6. The third kappa shape index (κ3) is 4.84. The first-order chi connectivity index (χ1) is 13.4. The summed E-state index contributed by atoms with van der Waals surface area (Å²) in [5, 5.41) is 3.15. The number of carbonyl (C=O) groups is 1. The number of anilines is 1. The van der Waals surface area contributed by atoms with Crippen molar-refractivity contribution in [1.29, 1.82) is 0 Å². The molecule has 0 aliphatic carbocycles. The van der Waals surface area contributed by atoms with Crippen molar-refractivity contribution < 1.29 is 17.9 Å². The number of amides is 1. The van der Waals surface area contributed by atoms with Crippen molar-refractivity contribution in [2.75, 3.05) is 18.4 Å². The monoisotopic (exact) mass is 422 g/mol. The van der Waals surface area contributed by atoms with Gasteiger partial charge in [0.1, 0.15) is 5.75 Å². The first-order valence-electron chi connectivity index (χ1n) is 9.20. The molecule has 6 nitrogen and oxygen atoms in total. The van der Waals surface area contributed by atoms with E-state index in [-0.39, 0.29) is 10.8 Å². The van der Waals surface area contributed by atoms with Crippen LogP contribution in [0.2, 0.25) is 5.02 Å². The first-order valence-corrected chi connectivity index (χ1v) is 11.0. The van der Waals surface area contributed by atoms with Gasteiger partial charge in [0, 0.05) is 18.8 Å². The number of hydrogen-bond donors (Lipinski definition) is 1. The van der Waals surface area contributed by atoms with Crippen LogP contribution in [0.5, 0.6) is 5.75 Å². The summed E-state index contributed by atoms with van der Waals surface area (Å²) in [6.07, 6.45) is 2.07. The third-order valence-electron chi connectivity index (χ3n) is 4.58. The predicted molar refractivity (Wildman–Crippen MR) is 109 cm³/mol. The van der Waals surface area contributed by atoms with Gasteiger partial charge in [-0.05, 0) is 56.2 Å². The van der Waals surface area contributed by atoms with Crippen molar-refractivity contribution in [1.82, 2.24) is 4.31 Å². The normalized spacial score (nSPS) is 16.4. The highest BCUT2D eigenvalue weighted by Gasteiger charge is 2.25. The van der Waals surface area contributed by atoms with Gasteiger partial charge in [-0.15, -0.1) is 0 Å². The Kier molecular flexibility index (Phi) is 6.59. The van der Waals surface area contributed by atoms with Crippen LogP contribution in [0, 0.1) is 0 Å². The summed E-state index contributed by atoms with van der Waals surface area (Å²) in [6.45, 7) is 2.73. The number of ether oxygens (including phenoxy) is 1. The van der Waals surface area contributed by atoms with E-state index in [9.17, 15) is 13.2 Å². The molecule has 1 atom stereocenters. The lowest BCUT2D eigenvalue weighted by Gasteiger charge is -2.25. The molecule has 2 aromatic carbocycles. The van der Waals surface area contributed by atoms with Gasteiger partial charge < -0.3 is 10.1 Å². The van der Waals surface area contributed by atoms with Gasteiger partial charge in [-0.1, -0.05) is 30.2 Å². The van der Waals surface area contributed by atoms with Gasteiger partial charge in [0.15, 0.2) is 6.10 Å². The van der Waals surface area contributed by atoms with Gasteiger partial charge in [-0.2, -0.15) is 4.31 Å². The molecule has 1 saturated heterocycles. The van der Waals surface area contributed by atoms with E-state index in [0.717, 1.165) is 19.3 Å². The number of nitrogens with zero attached hydrogens (tertiary/aromatic N) is 1. The molecule has 150 valence electrons. The first kappa shape index (κ1) is 20.6. The summed E-state index contributed by atoms with van der Waals surface area (Å²) in [5.74, 6) is 0.0707. The van der Waals surface area contributed by atoms with E-state index in [1.165, 1.54) is 16.4 Å². The molecule has 0 spiro atoms. The summed E-state index contributed by atoms with van der Waals surface area (Å²) in [6, 6.07) is 13.1. The molecular formula is C20H23ClN2O4S. The molecule has 1 unspecified atom stereocenters. The number of benzene rings is 2. The Morgan fingerprint density at radius 3 is 2.36 bits per heavy atom. The minimum Gasteiger partial charge on any atom is -0.479 e. The fourth-order valence-corrected chi connectivity index (χ4v) is 4.69. The lowest BCUT2D eigenvalue weighted by atomic mass is 10.2. The van der Waals surface area contributed by atoms with Crippen molar-refractivity contribution in [2.45, 2.75) is 37.2 Å². The van der Waals surface area contributed by atoms with Crippen LogP contribution in [0.3, 0.4) is 0 Å². The smallest absolute Gasteiger partial charge is 0.265 e. The van der Waals surface area contributed by atoms with Crippen LogP contribution >= 0.6 is 11.6 Å². The van der Waals surface area contributed by atoms with Crippen molar-refractivity contribution in [3.63, 3.8) is 0 Å². The Hall–Kier alpha value is -2.09. The number of nitrogens with one attached hydrogen (secondary N) is 1. The Balaban J connectivity index is 1.63. The molecule has 8 heteroatoms. The molecular weight excluding hydrogens is 400 g/mol. The van der Waals surface area contributed by atoms with E-state index in [1.807, 2.05) is 0 Å². The number of halogens is 1. The SMILES string of the molecule is CC(Oc1ccccc1Cl)C(=O)Nc1ccc(S(=O)(=O)N2CCCCC2)cc1. The third-order valence-corrected chi connectivity index (χ3v) is 6.81. The van der Waals surface area contributed by atoms with Gasteiger partial charge in [0.2, 0.25) is 10.0 Å². The second-order valence-corrected chi connectivity index (χ2v) is 9.01. The van der Waals surface area contributed by atoms with Crippen LogP contribution in [0.4, 0.5) is 5.69 Å². The highest BCUT2D eigenvalue weighted by atomic mass is 35.5. The summed E-state index contributed by atoms with van der Waals surface area (Å²) in [5.41, 5.74) is 0.497. The molecule has 1 N–H and O–H groups in total. The molecule has 1 fully saturated rings. The highest BCUT2D eigenvalue weighted by Crippen LogP contribution is 2.25. The number of hydrogen-bond acceptors (Lipinski definition) is 4. The molecule has 28 heavy (non-hydrogen) atoms. The van der Waals surface area contributed by atoms with Crippen LogP contribution in [0.1, 0.15) is 26.2 Å². The lowest BCUT2D eigenvalue weighted by molar-refractivity contribution is -0.122. The summed E-state index contributed by atoms with van der Waals surface area (Å²) < 4.78 is 32.4. The molecule has 0 aromatic heterocycles. The average molecular weight is 423 g/mol. The lowest BCUT2D eigenvalue weighted by Crippen LogP contribution is -2.35. The molecule has 2 aromatic rings. The second-order valence-electron chi connectivity index (χ2n) is 6.67. The Bertz CT molecular complexity index is 925. The van der Waals surface area contributed by atoms with Crippen LogP contribution in [0.25, 0.3) is 0 Å². The average Bonchev–Trinajstić information content (AvgIpc) is 2.70. The Labute approximate surface area is 170 Å². The maximum absolute atomic E-state index is 12.7. The van der Waals surface area contributed by atoms with E-state index in [4.69, 9.17) is 16.3 Å². The second kappa shape index (κ2) is 8.94. The number of rotatable bonds is 6. The molecule has 1 heterocycles. The maximum atomic E-state index is 12.7. The molecule has 1 amide bonds. The van der Waals surface area contributed by atoms with Gasteiger partial charge in [0.05, 0.1) is 9.92 Å². The van der Waals surface area contributed by atoms with E-state index in [0.29, 0.717) is 29.5 Å². The molecule has 0 saturated carbocycles. The molecule has 3 rings (SSSR count).